The Hall–Kier alpha value is -3.48. The molecule has 0 aliphatic heterocycles. The summed E-state index contributed by atoms with van der Waals surface area (Å²) in [6, 6.07) is 11.5. The molecule has 0 spiro atoms. The number of carbonyl (C=O) groups excluding carboxylic acids is 1. The third-order valence-electron chi connectivity index (χ3n) is 3.31. The van der Waals surface area contributed by atoms with E-state index in [1.165, 1.54) is 19.3 Å². The summed E-state index contributed by atoms with van der Waals surface area (Å²) in [6.45, 7) is 0. The van der Waals surface area contributed by atoms with Crippen LogP contribution in [0.4, 0.5) is 5.69 Å². The van der Waals surface area contributed by atoms with Crippen LogP contribution in [-0.4, -0.2) is 31.2 Å². The topological polar surface area (TPSA) is 96.9 Å². The van der Waals surface area contributed by atoms with Crippen molar-refractivity contribution >= 4 is 23.6 Å². The molecule has 130 valence electrons. The Morgan fingerprint density at radius 2 is 1.76 bits per heavy atom. The third kappa shape index (κ3) is 4.74. The molecular formula is C18H18N2O5. The van der Waals surface area contributed by atoms with E-state index in [1.807, 2.05) is 0 Å². The highest BCUT2D eigenvalue weighted by molar-refractivity contribution is 5.96. The first kappa shape index (κ1) is 17.9. The van der Waals surface area contributed by atoms with Crippen LogP contribution in [0.15, 0.2) is 48.5 Å². The number of methoxy groups -OCH3 is 2. The van der Waals surface area contributed by atoms with Gasteiger partial charge in [-0.15, -0.1) is 0 Å². The van der Waals surface area contributed by atoms with Gasteiger partial charge in [-0.05, 0) is 35.9 Å². The van der Waals surface area contributed by atoms with Crippen LogP contribution in [0.25, 0.3) is 6.08 Å². The zero-order valence-electron chi connectivity index (χ0n) is 13.8. The minimum absolute atomic E-state index is 0.0617. The van der Waals surface area contributed by atoms with Gasteiger partial charge < -0.3 is 14.6 Å². The van der Waals surface area contributed by atoms with Gasteiger partial charge in [-0.2, -0.15) is 0 Å². The van der Waals surface area contributed by atoms with Gasteiger partial charge in [0.05, 0.1) is 25.5 Å². The number of anilines is 1. The maximum Gasteiger partial charge on any atom is 0.337 e. The molecule has 0 unspecified atom stereocenters. The summed E-state index contributed by atoms with van der Waals surface area (Å²) in [6.07, 6.45) is 2.92. The van der Waals surface area contributed by atoms with Gasteiger partial charge in [0, 0.05) is 6.08 Å². The molecule has 0 bridgehead atoms. The zero-order valence-corrected chi connectivity index (χ0v) is 13.8. The Kier molecular flexibility index (Phi) is 6.00. The summed E-state index contributed by atoms with van der Waals surface area (Å²) < 4.78 is 10.3. The second-order valence-electron chi connectivity index (χ2n) is 4.91. The molecule has 2 aromatic rings. The predicted molar refractivity (Wildman–Crippen MR) is 93.7 cm³/mol. The van der Waals surface area contributed by atoms with Crippen LogP contribution < -0.4 is 20.3 Å². The lowest BCUT2D eigenvalue weighted by Crippen LogP contribution is -2.28. The molecule has 25 heavy (non-hydrogen) atoms. The third-order valence-corrected chi connectivity index (χ3v) is 3.31. The second kappa shape index (κ2) is 8.39. The summed E-state index contributed by atoms with van der Waals surface area (Å²) in [7, 11) is 3.07. The summed E-state index contributed by atoms with van der Waals surface area (Å²) in [5.41, 5.74) is 6.12. The fourth-order valence-electron chi connectivity index (χ4n) is 2.08. The van der Waals surface area contributed by atoms with Crippen molar-refractivity contribution in [2.45, 2.75) is 0 Å². The first-order valence-corrected chi connectivity index (χ1v) is 7.33. The maximum absolute atomic E-state index is 11.9. The van der Waals surface area contributed by atoms with E-state index in [4.69, 9.17) is 14.6 Å². The molecule has 7 heteroatoms. The van der Waals surface area contributed by atoms with E-state index in [1.54, 1.807) is 49.6 Å². The molecule has 3 N–H and O–H groups in total. The van der Waals surface area contributed by atoms with Gasteiger partial charge in [-0.1, -0.05) is 18.2 Å². The molecule has 0 radical (unpaired) electrons. The standard InChI is InChI=1S/C18H18N2O5/c1-24-15-9-7-12(11-16(15)25-2)8-10-17(21)20-19-14-6-4-3-5-13(14)18(22)23/h3-11,19H,1-2H3,(H,20,21)(H,22,23)/b10-8+. The van der Waals surface area contributed by atoms with Crippen molar-refractivity contribution in [2.24, 2.45) is 0 Å². The lowest BCUT2D eigenvalue weighted by Gasteiger charge is -2.09. The Morgan fingerprint density at radius 1 is 1.04 bits per heavy atom. The number of carboxylic acid groups (broad SMARTS) is 1. The Labute approximate surface area is 144 Å². The van der Waals surface area contributed by atoms with Crippen molar-refractivity contribution in [3.8, 4) is 11.5 Å². The lowest BCUT2D eigenvalue weighted by molar-refractivity contribution is -0.116. The van der Waals surface area contributed by atoms with E-state index >= 15 is 0 Å². The van der Waals surface area contributed by atoms with Crippen molar-refractivity contribution in [2.75, 3.05) is 19.6 Å². The van der Waals surface area contributed by atoms with Crippen molar-refractivity contribution in [3.63, 3.8) is 0 Å². The lowest BCUT2D eigenvalue weighted by atomic mass is 10.2. The number of nitrogens with one attached hydrogen (secondary N) is 2. The van der Waals surface area contributed by atoms with Gasteiger partial charge in [0.2, 0.25) is 0 Å². The van der Waals surface area contributed by atoms with Gasteiger partial charge in [0.15, 0.2) is 11.5 Å². The van der Waals surface area contributed by atoms with Crippen LogP contribution in [0.1, 0.15) is 15.9 Å². The normalized spacial score (nSPS) is 10.3. The van der Waals surface area contributed by atoms with E-state index in [0.29, 0.717) is 17.2 Å². The van der Waals surface area contributed by atoms with Crippen LogP contribution >= 0.6 is 0 Å². The fourth-order valence-corrected chi connectivity index (χ4v) is 2.08. The fraction of sp³-hybridized carbons (Fsp3) is 0.111. The summed E-state index contributed by atoms with van der Waals surface area (Å²) in [5, 5.41) is 9.09. The predicted octanol–water partition coefficient (Wildman–Crippen LogP) is 2.56. The highest BCUT2D eigenvalue weighted by atomic mass is 16.5. The van der Waals surface area contributed by atoms with Crippen LogP contribution in [0, 0.1) is 0 Å². The number of amides is 1. The molecule has 1 amide bonds. The zero-order chi connectivity index (χ0) is 18.2. The number of hydrogen-bond acceptors (Lipinski definition) is 5. The van der Waals surface area contributed by atoms with E-state index in [2.05, 4.69) is 10.9 Å². The number of hydrogen-bond donors (Lipinski definition) is 3. The average molecular weight is 342 g/mol. The number of carboxylic acids is 1. The van der Waals surface area contributed by atoms with E-state index in [9.17, 15) is 9.59 Å². The monoisotopic (exact) mass is 342 g/mol. The molecule has 0 aromatic heterocycles. The van der Waals surface area contributed by atoms with Crippen molar-refractivity contribution < 1.29 is 24.2 Å². The number of rotatable bonds is 7. The quantitative estimate of drug-likeness (QED) is 0.528. The largest absolute Gasteiger partial charge is 0.493 e. The minimum Gasteiger partial charge on any atom is -0.493 e. The number of aromatic carboxylic acids is 1. The molecule has 7 nitrogen and oxygen atoms in total. The average Bonchev–Trinajstić information content (AvgIpc) is 2.64. The van der Waals surface area contributed by atoms with Crippen LogP contribution in [0.2, 0.25) is 0 Å². The Morgan fingerprint density at radius 3 is 2.44 bits per heavy atom. The maximum atomic E-state index is 11.9. The van der Waals surface area contributed by atoms with E-state index < -0.39 is 11.9 Å². The Bertz CT molecular complexity index is 802. The molecule has 0 saturated heterocycles. The van der Waals surface area contributed by atoms with Gasteiger partial charge in [0.25, 0.3) is 5.91 Å². The SMILES string of the molecule is COc1ccc(/C=C/C(=O)NNc2ccccc2C(=O)O)cc1OC. The van der Waals surface area contributed by atoms with Crippen molar-refractivity contribution in [1.29, 1.82) is 0 Å². The molecule has 0 fully saturated rings. The number of hydrazine groups is 1. The molecule has 0 saturated carbocycles. The van der Waals surface area contributed by atoms with Crippen LogP contribution in [-0.2, 0) is 4.79 Å². The number of ether oxygens (including phenoxy) is 2. The first-order chi connectivity index (χ1) is 12.0. The Balaban J connectivity index is 2.01. The number of carbonyl (C=O) groups is 2. The highest BCUT2D eigenvalue weighted by Gasteiger charge is 2.09. The van der Waals surface area contributed by atoms with Crippen LogP contribution in [0.5, 0.6) is 11.5 Å². The van der Waals surface area contributed by atoms with E-state index in [-0.39, 0.29) is 5.56 Å². The highest BCUT2D eigenvalue weighted by Crippen LogP contribution is 2.27. The smallest absolute Gasteiger partial charge is 0.337 e. The van der Waals surface area contributed by atoms with Crippen LogP contribution in [0.3, 0.4) is 0 Å². The van der Waals surface area contributed by atoms with E-state index in [0.717, 1.165) is 5.56 Å². The van der Waals surface area contributed by atoms with Crippen molar-refractivity contribution in [1.82, 2.24) is 5.43 Å². The molecule has 0 aliphatic carbocycles. The summed E-state index contributed by atoms with van der Waals surface area (Å²) >= 11 is 0. The summed E-state index contributed by atoms with van der Waals surface area (Å²) in [5.74, 6) is -0.372. The summed E-state index contributed by atoms with van der Waals surface area (Å²) in [4.78, 5) is 23.0. The minimum atomic E-state index is -1.08. The number of para-hydroxylation sites is 1. The molecule has 2 rings (SSSR count). The molecule has 0 heterocycles. The number of benzene rings is 2. The molecule has 0 atom stereocenters. The van der Waals surface area contributed by atoms with Gasteiger partial charge in [-0.3, -0.25) is 15.6 Å². The van der Waals surface area contributed by atoms with Gasteiger partial charge in [0.1, 0.15) is 0 Å². The molecular weight excluding hydrogens is 324 g/mol. The van der Waals surface area contributed by atoms with Gasteiger partial charge >= 0.3 is 5.97 Å². The van der Waals surface area contributed by atoms with Gasteiger partial charge in [-0.25, -0.2) is 4.79 Å². The molecule has 0 aliphatic rings. The molecule has 2 aromatic carbocycles. The first-order valence-electron chi connectivity index (χ1n) is 7.33. The second-order valence-corrected chi connectivity index (χ2v) is 4.91. The van der Waals surface area contributed by atoms with Crippen molar-refractivity contribution in [3.05, 3.63) is 59.7 Å².